The summed E-state index contributed by atoms with van der Waals surface area (Å²) >= 11 is 5.73. The lowest BCUT2D eigenvalue weighted by Gasteiger charge is -2.20. The van der Waals surface area contributed by atoms with Crippen molar-refractivity contribution in [2.45, 2.75) is 52.7 Å². The molecule has 2 aromatic rings. The third-order valence-corrected chi connectivity index (χ3v) is 3.71. The van der Waals surface area contributed by atoms with Gasteiger partial charge < -0.3 is 9.32 Å². The molecule has 0 aliphatic rings. The zero-order chi connectivity index (χ0) is 17.0. The fraction of sp³-hybridized carbons (Fsp3) is 0.562. The van der Waals surface area contributed by atoms with Gasteiger partial charge in [-0.2, -0.15) is 0 Å². The first-order valence-corrected chi connectivity index (χ1v) is 8.19. The zero-order valence-electron chi connectivity index (χ0n) is 14.0. The van der Waals surface area contributed by atoms with Crippen LogP contribution in [0.25, 0.3) is 0 Å². The molecule has 0 bridgehead atoms. The summed E-state index contributed by atoms with van der Waals surface area (Å²) in [6.07, 6.45) is 1.83. The van der Waals surface area contributed by atoms with E-state index in [1.54, 1.807) is 9.58 Å². The molecule has 0 fully saturated rings. The Morgan fingerprint density at radius 2 is 2.09 bits per heavy atom. The van der Waals surface area contributed by atoms with E-state index >= 15 is 0 Å². The number of halogens is 1. The van der Waals surface area contributed by atoms with Crippen LogP contribution in [0.15, 0.2) is 22.7 Å². The summed E-state index contributed by atoms with van der Waals surface area (Å²) in [4.78, 5) is 13.7. The van der Waals surface area contributed by atoms with Gasteiger partial charge in [0.15, 0.2) is 0 Å². The molecule has 0 spiro atoms. The third-order valence-electron chi connectivity index (χ3n) is 3.48. The van der Waals surface area contributed by atoms with E-state index in [9.17, 15) is 4.79 Å². The van der Waals surface area contributed by atoms with E-state index < -0.39 is 0 Å². The maximum Gasteiger partial charge on any atom is 0.238 e. The van der Waals surface area contributed by atoms with Gasteiger partial charge in [0, 0.05) is 12.0 Å². The Morgan fingerprint density at radius 3 is 2.61 bits per heavy atom. The van der Waals surface area contributed by atoms with Crippen LogP contribution in [0, 0.1) is 0 Å². The van der Waals surface area contributed by atoms with Crippen molar-refractivity contribution in [1.29, 1.82) is 0 Å². The first-order chi connectivity index (χ1) is 10.8. The van der Waals surface area contributed by atoms with E-state index in [0.717, 1.165) is 23.8 Å². The molecule has 0 unspecified atom stereocenters. The summed E-state index contributed by atoms with van der Waals surface area (Å²) in [5, 5.41) is 8.06. The summed E-state index contributed by atoms with van der Waals surface area (Å²) < 4.78 is 7.58. The van der Waals surface area contributed by atoms with E-state index in [2.05, 4.69) is 31.1 Å². The van der Waals surface area contributed by atoms with Crippen LogP contribution in [0.3, 0.4) is 0 Å². The molecule has 7 heteroatoms. The molecule has 0 saturated carbocycles. The molecule has 2 heterocycles. The molecule has 0 atom stereocenters. The topological polar surface area (TPSA) is 64.2 Å². The number of carbonyl (C=O) groups excluding carboxylic acids is 1. The normalized spacial score (nSPS) is 11.7. The van der Waals surface area contributed by atoms with Gasteiger partial charge in [-0.25, -0.2) is 0 Å². The monoisotopic (exact) mass is 338 g/mol. The fourth-order valence-electron chi connectivity index (χ4n) is 2.13. The number of amides is 1. The van der Waals surface area contributed by atoms with Gasteiger partial charge in [0.2, 0.25) is 5.91 Å². The molecule has 1 amide bonds. The van der Waals surface area contributed by atoms with E-state index in [1.165, 1.54) is 0 Å². The highest BCUT2D eigenvalue weighted by atomic mass is 35.5. The Bertz CT molecular complexity index is 657. The van der Waals surface area contributed by atoms with Crippen molar-refractivity contribution in [1.82, 2.24) is 19.9 Å². The standard InChI is InChI=1S/C16H23ClN4O2/c1-5-21-10-12(18-19-21)9-20(15(22)8-17)11-13-6-7-14(23-13)16(2,3)4/h6-7,10H,5,8-9,11H2,1-4H3. The molecule has 6 nitrogen and oxygen atoms in total. The number of hydrogen-bond acceptors (Lipinski definition) is 4. The van der Waals surface area contributed by atoms with Crippen molar-refractivity contribution in [3.63, 3.8) is 0 Å². The SMILES string of the molecule is CCn1cc(CN(Cc2ccc(C(C)(C)C)o2)C(=O)CCl)nn1. The van der Waals surface area contributed by atoms with E-state index in [4.69, 9.17) is 16.0 Å². The number of aryl methyl sites for hydroxylation is 1. The van der Waals surface area contributed by atoms with Crippen molar-refractivity contribution >= 4 is 17.5 Å². The Kier molecular flexibility index (Phi) is 5.46. The highest BCUT2D eigenvalue weighted by Gasteiger charge is 2.21. The lowest BCUT2D eigenvalue weighted by molar-refractivity contribution is -0.130. The Morgan fingerprint density at radius 1 is 1.35 bits per heavy atom. The molecule has 0 aliphatic heterocycles. The maximum absolute atomic E-state index is 12.1. The summed E-state index contributed by atoms with van der Waals surface area (Å²) in [5.74, 6) is 1.39. The molecule has 0 aliphatic carbocycles. The van der Waals surface area contributed by atoms with Gasteiger partial charge in [-0.15, -0.1) is 16.7 Å². The lowest BCUT2D eigenvalue weighted by atomic mass is 9.94. The fourth-order valence-corrected chi connectivity index (χ4v) is 2.30. The van der Waals surface area contributed by atoms with Crippen molar-refractivity contribution in [2.75, 3.05) is 5.88 Å². The molecule has 126 valence electrons. The van der Waals surface area contributed by atoms with Crippen LogP contribution in [-0.2, 0) is 29.8 Å². The van der Waals surface area contributed by atoms with Gasteiger partial charge >= 0.3 is 0 Å². The van der Waals surface area contributed by atoms with Gasteiger partial charge in [0.1, 0.15) is 23.1 Å². The number of alkyl halides is 1. The summed E-state index contributed by atoms with van der Waals surface area (Å²) in [6, 6.07) is 3.85. The van der Waals surface area contributed by atoms with Crippen LogP contribution in [0.4, 0.5) is 0 Å². The van der Waals surface area contributed by atoms with E-state index in [1.807, 2.05) is 25.3 Å². The molecular formula is C16H23ClN4O2. The molecule has 0 N–H and O–H groups in total. The minimum absolute atomic E-state index is 0.0661. The minimum Gasteiger partial charge on any atom is -0.464 e. The molecule has 0 saturated heterocycles. The summed E-state index contributed by atoms with van der Waals surface area (Å²) in [6.45, 7) is 9.69. The largest absolute Gasteiger partial charge is 0.464 e. The minimum atomic E-state index is -0.161. The van der Waals surface area contributed by atoms with E-state index in [0.29, 0.717) is 13.1 Å². The molecule has 0 aromatic carbocycles. The first kappa shape index (κ1) is 17.5. The van der Waals surface area contributed by atoms with Crippen LogP contribution >= 0.6 is 11.6 Å². The molecule has 23 heavy (non-hydrogen) atoms. The smallest absolute Gasteiger partial charge is 0.238 e. The number of rotatable bonds is 6. The number of furan rings is 1. The molecule has 2 aromatic heterocycles. The second-order valence-electron chi connectivity index (χ2n) is 6.46. The lowest BCUT2D eigenvalue weighted by Crippen LogP contribution is -2.31. The van der Waals surface area contributed by atoms with Crippen LogP contribution in [0.2, 0.25) is 0 Å². The average Bonchev–Trinajstić information content (AvgIpc) is 3.14. The Labute approximate surface area is 141 Å². The van der Waals surface area contributed by atoms with Gasteiger partial charge in [0.05, 0.1) is 19.3 Å². The molecule has 0 radical (unpaired) electrons. The maximum atomic E-state index is 12.1. The predicted molar refractivity (Wildman–Crippen MR) is 88.1 cm³/mol. The molecular weight excluding hydrogens is 316 g/mol. The van der Waals surface area contributed by atoms with Crippen molar-refractivity contribution in [3.05, 3.63) is 35.5 Å². The van der Waals surface area contributed by atoms with Crippen LogP contribution in [0.5, 0.6) is 0 Å². The predicted octanol–water partition coefficient (Wildman–Crippen LogP) is 2.96. The summed E-state index contributed by atoms with van der Waals surface area (Å²) in [7, 11) is 0. The number of hydrogen-bond donors (Lipinski definition) is 0. The Balaban J connectivity index is 2.12. The van der Waals surface area contributed by atoms with Gasteiger partial charge in [0.25, 0.3) is 0 Å². The number of nitrogens with zero attached hydrogens (tertiary/aromatic N) is 4. The third kappa shape index (κ3) is 4.58. The van der Waals surface area contributed by atoms with E-state index in [-0.39, 0.29) is 17.2 Å². The van der Waals surface area contributed by atoms with Crippen LogP contribution < -0.4 is 0 Å². The van der Waals surface area contributed by atoms with Gasteiger partial charge in [-0.05, 0) is 19.1 Å². The number of aromatic nitrogens is 3. The van der Waals surface area contributed by atoms with Crippen LogP contribution in [0.1, 0.15) is 44.9 Å². The second-order valence-corrected chi connectivity index (χ2v) is 6.73. The van der Waals surface area contributed by atoms with Crippen molar-refractivity contribution in [3.8, 4) is 0 Å². The summed E-state index contributed by atoms with van der Waals surface area (Å²) in [5.41, 5.74) is 0.663. The average molecular weight is 339 g/mol. The highest BCUT2D eigenvalue weighted by molar-refractivity contribution is 6.27. The molecule has 2 rings (SSSR count). The van der Waals surface area contributed by atoms with Gasteiger partial charge in [-0.3, -0.25) is 9.48 Å². The second kappa shape index (κ2) is 7.17. The highest BCUT2D eigenvalue weighted by Crippen LogP contribution is 2.25. The zero-order valence-corrected chi connectivity index (χ0v) is 14.8. The van der Waals surface area contributed by atoms with Crippen molar-refractivity contribution < 1.29 is 9.21 Å². The Hall–Kier alpha value is -1.82. The van der Waals surface area contributed by atoms with Gasteiger partial charge in [-0.1, -0.05) is 26.0 Å². The quantitative estimate of drug-likeness (QED) is 0.760. The number of carbonyl (C=O) groups is 1. The van der Waals surface area contributed by atoms with Crippen molar-refractivity contribution in [2.24, 2.45) is 0 Å². The van der Waals surface area contributed by atoms with Crippen LogP contribution in [-0.4, -0.2) is 31.7 Å². The first-order valence-electron chi connectivity index (χ1n) is 7.65.